The topological polar surface area (TPSA) is 43.4 Å². The molecule has 0 heterocycles. The van der Waals surface area contributed by atoms with Gasteiger partial charge in [-0.05, 0) is 28.3 Å². The number of halogens is 1. The lowest BCUT2D eigenvalue weighted by molar-refractivity contribution is 0.112. The highest BCUT2D eigenvalue weighted by atomic mass is 35.7. The molecule has 26 heavy (non-hydrogen) atoms. The molecule has 140 valence electrons. The molecule has 0 amide bonds. The van der Waals surface area contributed by atoms with E-state index >= 15 is 0 Å². The highest BCUT2D eigenvalue weighted by Crippen LogP contribution is 2.41. The SMILES string of the molecule is CC(C)(C)[Si](OC1CC(S(=O)(=O)Cl)C1)(c1ccccc1)c1ccccc1. The molecule has 0 aromatic heterocycles. The maximum Gasteiger partial charge on any atom is 0.261 e. The number of rotatable bonds is 5. The van der Waals surface area contributed by atoms with Crippen LogP contribution in [-0.2, 0) is 13.5 Å². The third kappa shape index (κ3) is 3.63. The largest absolute Gasteiger partial charge is 0.404 e. The zero-order valence-corrected chi connectivity index (χ0v) is 17.9. The molecule has 2 aromatic rings. The van der Waals surface area contributed by atoms with E-state index in [1.54, 1.807) is 0 Å². The molecule has 0 spiro atoms. The van der Waals surface area contributed by atoms with E-state index in [4.69, 9.17) is 15.1 Å². The Morgan fingerprint density at radius 3 is 1.69 bits per heavy atom. The summed E-state index contributed by atoms with van der Waals surface area (Å²) in [6, 6.07) is 20.7. The van der Waals surface area contributed by atoms with Crippen molar-refractivity contribution in [2.75, 3.05) is 0 Å². The molecule has 1 saturated carbocycles. The molecule has 2 aromatic carbocycles. The first-order chi connectivity index (χ1) is 12.1. The second-order valence-corrected chi connectivity index (χ2v) is 15.1. The summed E-state index contributed by atoms with van der Waals surface area (Å²) >= 11 is 0. The van der Waals surface area contributed by atoms with Gasteiger partial charge >= 0.3 is 0 Å². The quantitative estimate of drug-likeness (QED) is 0.560. The Balaban J connectivity index is 2.05. The first-order valence-corrected chi connectivity index (χ1v) is 13.1. The summed E-state index contributed by atoms with van der Waals surface area (Å²) in [4.78, 5) is 0. The molecule has 0 radical (unpaired) electrons. The lowest BCUT2D eigenvalue weighted by atomic mass is 9.96. The summed E-state index contributed by atoms with van der Waals surface area (Å²) in [5.41, 5.74) is 0. The maximum atomic E-state index is 11.6. The third-order valence-electron chi connectivity index (χ3n) is 5.21. The minimum atomic E-state index is -3.51. The zero-order chi connectivity index (χ0) is 19.0. The van der Waals surface area contributed by atoms with E-state index in [2.05, 4.69) is 45.0 Å². The van der Waals surface area contributed by atoms with Crippen LogP contribution >= 0.6 is 10.7 Å². The molecule has 0 atom stereocenters. The second kappa shape index (κ2) is 7.11. The molecule has 0 aliphatic heterocycles. The van der Waals surface area contributed by atoms with Crippen LogP contribution in [0.1, 0.15) is 33.6 Å². The normalized spacial score (nSPS) is 21.2. The van der Waals surface area contributed by atoms with Gasteiger partial charge in [0.05, 0.1) is 5.25 Å². The van der Waals surface area contributed by atoms with Crippen molar-refractivity contribution in [2.45, 2.75) is 50.0 Å². The fourth-order valence-corrected chi connectivity index (χ4v) is 9.82. The van der Waals surface area contributed by atoms with Gasteiger partial charge in [0, 0.05) is 16.8 Å². The van der Waals surface area contributed by atoms with Crippen LogP contribution in [0.3, 0.4) is 0 Å². The molecule has 1 aliphatic rings. The fraction of sp³-hybridized carbons (Fsp3) is 0.400. The number of hydrogen-bond acceptors (Lipinski definition) is 3. The van der Waals surface area contributed by atoms with Gasteiger partial charge < -0.3 is 4.43 Å². The molecular weight excluding hydrogens is 384 g/mol. The Labute approximate surface area is 161 Å². The van der Waals surface area contributed by atoms with E-state index in [0.29, 0.717) is 12.8 Å². The van der Waals surface area contributed by atoms with Gasteiger partial charge in [0.2, 0.25) is 9.05 Å². The van der Waals surface area contributed by atoms with Crippen LogP contribution in [0.2, 0.25) is 5.04 Å². The second-order valence-electron chi connectivity index (χ2n) is 7.97. The monoisotopic (exact) mass is 408 g/mol. The van der Waals surface area contributed by atoms with Crippen molar-refractivity contribution < 1.29 is 12.8 Å². The minimum Gasteiger partial charge on any atom is -0.404 e. The highest BCUT2D eigenvalue weighted by molar-refractivity contribution is 8.14. The number of hydrogen-bond donors (Lipinski definition) is 0. The van der Waals surface area contributed by atoms with E-state index in [1.165, 1.54) is 10.4 Å². The molecule has 3 rings (SSSR count). The molecular formula is C20H25ClO3SSi. The molecule has 0 N–H and O–H groups in total. The van der Waals surface area contributed by atoms with Crippen molar-refractivity contribution in [1.29, 1.82) is 0 Å². The minimum absolute atomic E-state index is 0.0835. The summed E-state index contributed by atoms with van der Waals surface area (Å²) in [5, 5.41) is 1.81. The van der Waals surface area contributed by atoms with Gasteiger partial charge in [-0.25, -0.2) is 8.42 Å². The molecule has 1 fully saturated rings. The van der Waals surface area contributed by atoms with Crippen LogP contribution in [0, 0.1) is 0 Å². The van der Waals surface area contributed by atoms with Crippen LogP contribution in [0.5, 0.6) is 0 Å². The van der Waals surface area contributed by atoms with Crippen LogP contribution in [0.4, 0.5) is 0 Å². The average Bonchev–Trinajstić information content (AvgIpc) is 2.53. The summed E-state index contributed by atoms with van der Waals surface area (Å²) in [6.07, 6.45) is 0.854. The van der Waals surface area contributed by atoms with Gasteiger partial charge in [0.1, 0.15) is 0 Å². The standard InChI is InChI=1S/C20H25ClO3SSi/c1-20(2,3)26(18-10-6-4-7-11-18,19-12-8-5-9-13-19)24-16-14-17(15-16)25(21,22)23/h4-13,16-17H,14-15H2,1-3H3. The van der Waals surface area contributed by atoms with Crippen molar-refractivity contribution in [3.05, 3.63) is 60.7 Å². The Morgan fingerprint density at radius 1 is 0.923 bits per heavy atom. The average molecular weight is 409 g/mol. The lowest BCUT2D eigenvalue weighted by Gasteiger charge is -2.48. The first kappa shape index (κ1) is 19.6. The number of benzene rings is 2. The van der Waals surface area contributed by atoms with Crippen molar-refractivity contribution >= 4 is 38.4 Å². The Hall–Kier alpha value is -1.14. The Bertz CT molecular complexity index is 802. The van der Waals surface area contributed by atoms with Crippen molar-refractivity contribution in [3.63, 3.8) is 0 Å². The Kier molecular flexibility index (Phi) is 5.37. The summed E-state index contributed by atoms with van der Waals surface area (Å²) < 4.78 is 30.0. The van der Waals surface area contributed by atoms with Gasteiger partial charge in [-0.15, -0.1) is 0 Å². The summed E-state index contributed by atoms with van der Waals surface area (Å²) in [7, 11) is -0.597. The Morgan fingerprint density at radius 2 is 1.35 bits per heavy atom. The van der Waals surface area contributed by atoms with Crippen molar-refractivity contribution in [2.24, 2.45) is 0 Å². The van der Waals surface area contributed by atoms with Gasteiger partial charge in [0.15, 0.2) is 0 Å². The van der Waals surface area contributed by atoms with E-state index < -0.39 is 22.6 Å². The smallest absolute Gasteiger partial charge is 0.261 e. The lowest BCUT2D eigenvalue weighted by Crippen LogP contribution is -2.68. The molecule has 0 unspecified atom stereocenters. The predicted octanol–water partition coefficient (Wildman–Crippen LogP) is 3.66. The summed E-state index contributed by atoms with van der Waals surface area (Å²) in [5.74, 6) is 0. The molecule has 6 heteroatoms. The van der Waals surface area contributed by atoms with E-state index in [0.717, 1.165) is 0 Å². The molecule has 0 bridgehead atoms. The van der Waals surface area contributed by atoms with Gasteiger partial charge in [-0.1, -0.05) is 81.4 Å². The van der Waals surface area contributed by atoms with Crippen LogP contribution in [0.25, 0.3) is 0 Å². The van der Waals surface area contributed by atoms with Gasteiger partial charge in [-0.2, -0.15) is 0 Å². The zero-order valence-electron chi connectivity index (χ0n) is 15.4. The third-order valence-corrected chi connectivity index (χ3v) is 12.2. The molecule has 0 saturated heterocycles. The van der Waals surface area contributed by atoms with Crippen molar-refractivity contribution in [3.8, 4) is 0 Å². The van der Waals surface area contributed by atoms with Crippen LogP contribution in [0.15, 0.2) is 60.7 Å². The molecule has 3 nitrogen and oxygen atoms in total. The first-order valence-electron chi connectivity index (χ1n) is 8.87. The van der Waals surface area contributed by atoms with Gasteiger partial charge in [-0.3, -0.25) is 0 Å². The van der Waals surface area contributed by atoms with Crippen LogP contribution < -0.4 is 10.4 Å². The van der Waals surface area contributed by atoms with E-state index in [1.807, 2.05) is 36.4 Å². The maximum absolute atomic E-state index is 11.6. The summed E-state index contributed by atoms with van der Waals surface area (Å²) in [6.45, 7) is 6.65. The predicted molar refractivity (Wildman–Crippen MR) is 110 cm³/mol. The molecule has 1 aliphatic carbocycles. The van der Waals surface area contributed by atoms with Crippen LogP contribution in [-0.4, -0.2) is 28.1 Å². The van der Waals surface area contributed by atoms with E-state index in [9.17, 15) is 8.42 Å². The fourth-order valence-electron chi connectivity index (χ4n) is 3.78. The van der Waals surface area contributed by atoms with Crippen molar-refractivity contribution in [1.82, 2.24) is 0 Å². The van der Waals surface area contributed by atoms with E-state index in [-0.39, 0.29) is 11.1 Å². The van der Waals surface area contributed by atoms with Gasteiger partial charge in [0.25, 0.3) is 8.32 Å². The highest BCUT2D eigenvalue weighted by Gasteiger charge is 2.53.